The van der Waals surface area contributed by atoms with Crippen LogP contribution in [-0.4, -0.2) is 62.7 Å². The zero-order valence-electron chi connectivity index (χ0n) is 6.79. The van der Waals surface area contributed by atoms with Gasteiger partial charge in [-0.2, -0.15) is 0 Å². The molecule has 5 nitrogen and oxygen atoms in total. The highest BCUT2D eigenvalue weighted by Gasteiger charge is 2.48. The zero-order chi connectivity index (χ0) is 10.2. The van der Waals surface area contributed by atoms with E-state index in [1.807, 2.05) is 0 Å². The van der Waals surface area contributed by atoms with Crippen molar-refractivity contribution in [2.75, 3.05) is 6.61 Å². The molecule has 1 saturated carbocycles. The minimum Gasteiger partial charge on any atom is -0.396 e. The predicted octanol–water partition coefficient (Wildman–Crippen LogP) is -2.61. The summed E-state index contributed by atoms with van der Waals surface area (Å²) in [5.41, 5.74) is 0. The van der Waals surface area contributed by atoms with Crippen molar-refractivity contribution in [2.45, 2.75) is 30.6 Å². The Bertz CT molecular complexity index is 162. The van der Waals surface area contributed by atoms with Crippen LogP contribution in [0.3, 0.4) is 0 Å². The molecule has 1 fully saturated rings. The molecule has 78 valence electrons. The molecule has 4 unspecified atom stereocenters. The Morgan fingerprint density at radius 1 is 0.846 bits per heavy atom. The van der Waals surface area contributed by atoms with Crippen molar-refractivity contribution in [1.29, 1.82) is 0 Å². The van der Waals surface area contributed by atoms with Crippen LogP contribution in [-0.2, 0) is 0 Å². The lowest BCUT2D eigenvalue weighted by Crippen LogP contribution is -2.60. The van der Waals surface area contributed by atoms with Gasteiger partial charge in [0.1, 0.15) is 12.2 Å². The molecule has 0 aromatic heterocycles. The monoisotopic (exact) mass is 196 g/mol. The third kappa shape index (κ3) is 1.68. The van der Waals surface area contributed by atoms with Gasteiger partial charge in [0.2, 0.25) is 0 Å². The Morgan fingerprint density at radius 2 is 1.23 bits per heavy atom. The summed E-state index contributed by atoms with van der Waals surface area (Å²) < 4.78 is 12.9. The highest BCUT2D eigenvalue weighted by atomic mass is 19.1. The molecule has 1 aliphatic carbocycles. The molecule has 0 amide bonds. The van der Waals surface area contributed by atoms with Gasteiger partial charge in [-0.15, -0.1) is 0 Å². The van der Waals surface area contributed by atoms with Gasteiger partial charge in [0.05, 0.1) is 18.8 Å². The van der Waals surface area contributed by atoms with Crippen LogP contribution in [0.2, 0.25) is 0 Å². The Morgan fingerprint density at radius 3 is 1.54 bits per heavy atom. The minimum absolute atomic E-state index is 0.622. The molecular weight excluding hydrogens is 183 g/mol. The maximum Gasteiger partial charge on any atom is 0.157 e. The summed E-state index contributed by atoms with van der Waals surface area (Å²) in [4.78, 5) is 0. The molecule has 0 aromatic carbocycles. The molecule has 0 aromatic rings. The number of rotatable bonds is 1. The third-order valence-corrected chi connectivity index (χ3v) is 2.44. The molecular formula is C7H13FO5. The van der Waals surface area contributed by atoms with Crippen molar-refractivity contribution >= 4 is 0 Å². The predicted molar refractivity (Wildman–Crippen MR) is 39.5 cm³/mol. The van der Waals surface area contributed by atoms with Crippen LogP contribution >= 0.6 is 0 Å². The molecule has 4 atom stereocenters. The van der Waals surface area contributed by atoms with E-state index in [0.717, 1.165) is 0 Å². The van der Waals surface area contributed by atoms with E-state index in [-0.39, 0.29) is 0 Å². The molecule has 5 N–H and O–H groups in total. The summed E-state index contributed by atoms with van der Waals surface area (Å²) in [5.74, 6) is -1.11. The Kier molecular flexibility index (Phi) is 3.20. The topological polar surface area (TPSA) is 101 Å². The molecule has 13 heavy (non-hydrogen) atoms. The fraction of sp³-hybridized carbons (Fsp3) is 1.00. The minimum atomic E-state index is -2.09. The Hall–Kier alpha value is -0.270. The van der Waals surface area contributed by atoms with Gasteiger partial charge in [0, 0.05) is 5.92 Å². The van der Waals surface area contributed by atoms with E-state index in [1.165, 1.54) is 0 Å². The lowest BCUT2D eigenvalue weighted by molar-refractivity contribution is -0.190. The van der Waals surface area contributed by atoms with Crippen molar-refractivity contribution in [3.05, 3.63) is 0 Å². The Labute approximate surface area is 74.1 Å². The van der Waals surface area contributed by atoms with Gasteiger partial charge in [-0.25, -0.2) is 4.39 Å². The van der Waals surface area contributed by atoms with Gasteiger partial charge in [0.25, 0.3) is 0 Å². The van der Waals surface area contributed by atoms with Gasteiger partial charge in [-0.1, -0.05) is 0 Å². The molecule has 1 rings (SSSR count). The first-order chi connectivity index (χ1) is 6.00. The second-order valence-corrected chi connectivity index (χ2v) is 3.25. The standard InChI is InChI=1S/C7H13FO5/c8-3-6(12)4(10)2(1-9)5(11)7(3)13/h2-7,9-13H,1H2. The van der Waals surface area contributed by atoms with Crippen LogP contribution in [0.4, 0.5) is 4.39 Å². The summed E-state index contributed by atoms with van der Waals surface area (Å²) in [5, 5.41) is 45.1. The highest BCUT2D eigenvalue weighted by molar-refractivity contribution is 4.98. The second kappa shape index (κ2) is 3.85. The van der Waals surface area contributed by atoms with Gasteiger partial charge in [-0.3, -0.25) is 0 Å². The number of alkyl halides is 1. The van der Waals surface area contributed by atoms with Crippen LogP contribution in [0.25, 0.3) is 0 Å². The number of halogens is 1. The van der Waals surface area contributed by atoms with Crippen LogP contribution < -0.4 is 0 Å². The highest BCUT2D eigenvalue weighted by Crippen LogP contribution is 2.27. The first kappa shape index (κ1) is 10.8. The van der Waals surface area contributed by atoms with Crippen molar-refractivity contribution in [2.24, 2.45) is 5.92 Å². The number of aliphatic hydroxyl groups excluding tert-OH is 5. The molecule has 0 radical (unpaired) electrons. The van der Waals surface area contributed by atoms with E-state index in [2.05, 4.69) is 0 Å². The van der Waals surface area contributed by atoms with E-state index in [1.54, 1.807) is 0 Å². The zero-order valence-corrected chi connectivity index (χ0v) is 6.79. The van der Waals surface area contributed by atoms with Crippen molar-refractivity contribution in [3.8, 4) is 0 Å². The summed E-state index contributed by atoms with van der Waals surface area (Å²) in [6.07, 6.45) is -8.74. The molecule has 0 bridgehead atoms. The van der Waals surface area contributed by atoms with Crippen LogP contribution in [0.1, 0.15) is 0 Å². The normalized spacial score (nSPS) is 52.2. The first-order valence-electron chi connectivity index (χ1n) is 3.98. The summed E-state index contributed by atoms with van der Waals surface area (Å²) >= 11 is 0. The molecule has 1 aliphatic rings. The van der Waals surface area contributed by atoms with Crippen LogP contribution in [0.15, 0.2) is 0 Å². The summed E-state index contributed by atoms with van der Waals surface area (Å²) in [6, 6.07) is 0. The molecule has 6 heteroatoms. The number of aliphatic hydroxyl groups is 5. The largest absolute Gasteiger partial charge is 0.396 e. The van der Waals surface area contributed by atoms with Gasteiger partial charge >= 0.3 is 0 Å². The number of hydrogen-bond acceptors (Lipinski definition) is 5. The molecule has 0 heterocycles. The van der Waals surface area contributed by atoms with Crippen molar-refractivity contribution in [1.82, 2.24) is 0 Å². The van der Waals surface area contributed by atoms with Crippen LogP contribution in [0.5, 0.6) is 0 Å². The maximum absolute atomic E-state index is 12.9. The second-order valence-electron chi connectivity index (χ2n) is 3.25. The molecule has 0 aliphatic heterocycles. The Balaban J connectivity index is 2.79. The summed E-state index contributed by atoms with van der Waals surface area (Å²) in [7, 11) is 0. The average molecular weight is 196 g/mol. The van der Waals surface area contributed by atoms with Crippen molar-refractivity contribution in [3.63, 3.8) is 0 Å². The van der Waals surface area contributed by atoms with E-state index in [9.17, 15) is 14.6 Å². The SMILES string of the molecule is OCC1C(O)C(O)C(F)C(O)C1O. The third-order valence-electron chi connectivity index (χ3n) is 2.44. The quantitative estimate of drug-likeness (QED) is 0.316. The molecule has 0 spiro atoms. The van der Waals surface area contributed by atoms with Crippen molar-refractivity contribution < 1.29 is 29.9 Å². The maximum atomic E-state index is 12.9. The average Bonchev–Trinajstić information content (AvgIpc) is 2.13. The van der Waals surface area contributed by atoms with Gasteiger partial charge < -0.3 is 25.5 Å². The van der Waals surface area contributed by atoms with Crippen LogP contribution in [0, 0.1) is 5.92 Å². The van der Waals surface area contributed by atoms with E-state index >= 15 is 0 Å². The fourth-order valence-corrected chi connectivity index (χ4v) is 1.50. The lowest BCUT2D eigenvalue weighted by Gasteiger charge is -2.39. The van der Waals surface area contributed by atoms with Gasteiger partial charge in [0.15, 0.2) is 6.17 Å². The summed E-state index contributed by atoms with van der Waals surface area (Å²) in [6.45, 7) is -0.622. The fourth-order valence-electron chi connectivity index (χ4n) is 1.50. The van der Waals surface area contributed by atoms with E-state index in [0.29, 0.717) is 0 Å². The molecule has 0 saturated heterocycles. The first-order valence-corrected chi connectivity index (χ1v) is 3.98. The van der Waals surface area contributed by atoms with E-state index < -0.39 is 43.1 Å². The van der Waals surface area contributed by atoms with Gasteiger partial charge in [-0.05, 0) is 0 Å². The number of hydrogen-bond donors (Lipinski definition) is 5. The van der Waals surface area contributed by atoms with E-state index in [4.69, 9.17) is 15.3 Å². The smallest absolute Gasteiger partial charge is 0.157 e. The lowest BCUT2D eigenvalue weighted by atomic mass is 9.79.